The van der Waals surface area contributed by atoms with Crippen LogP contribution in [0.15, 0.2) is 33.8 Å². The molecule has 0 N–H and O–H groups in total. The first kappa shape index (κ1) is 14.3. The molecule has 2 aliphatic heterocycles. The fraction of sp³-hybridized carbons (Fsp3) is 0.455. The van der Waals surface area contributed by atoms with Gasteiger partial charge in [0.05, 0.1) is 17.2 Å². The highest BCUT2D eigenvalue weighted by molar-refractivity contribution is 5.99. The third kappa shape index (κ3) is 2.06. The SMILES string of the molecule is [N-]=[N+]=Nc1cnccc1C(=O)N1CC(C2(C(F)(F)F)N=N2)C1. The summed E-state index contributed by atoms with van der Waals surface area (Å²) in [6.07, 6.45) is -1.99. The van der Waals surface area contributed by atoms with Crippen LogP contribution in [0, 0.1) is 5.92 Å². The average Bonchev–Trinajstić information content (AvgIpc) is 3.19. The largest absolute Gasteiger partial charge is 0.438 e. The van der Waals surface area contributed by atoms with Crippen molar-refractivity contribution in [1.29, 1.82) is 0 Å². The minimum absolute atomic E-state index is 0.0322. The zero-order valence-corrected chi connectivity index (χ0v) is 10.9. The van der Waals surface area contributed by atoms with Crippen molar-refractivity contribution < 1.29 is 18.0 Å². The number of azide groups is 1. The van der Waals surface area contributed by atoms with Gasteiger partial charge in [0.2, 0.25) is 0 Å². The number of rotatable bonds is 3. The van der Waals surface area contributed by atoms with Gasteiger partial charge in [-0.2, -0.15) is 13.2 Å². The standard InChI is InChI=1S/C11H8F3N7O/c12-11(13,14)10(18-19-10)6-4-21(5-6)9(22)7-1-2-16-3-8(7)17-20-15/h1-3,6H,4-5H2. The van der Waals surface area contributed by atoms with E-state index >= 15 is 0 Å². The van der Waals surface area contributed by atoms with Gasteiger partial charge in [-0.05, 0) is 11.6 Å². The molecule has 0 spiro atoms. The fourth-order valence-corrected chi connectivity index (χ4v) is 2.33. The van der Waals surface area contributed by atoms with Crippen LogP contribution in [0.25, 0.3) is 10.4 Å². The van der Waals surface area contributed by atoms with Crippen LogP contribution in [0.4, 0.5) is 18.9 Å². The molecule has 22 heavy (non-hydrogen) atoms. The first-order valence-corrected chi connectivity index (χ1v) is 6.18. The predicted molar refractivity (Wildman–Crippen MR) is 66.1 cm³/mol. The summed E-state index contributed by atoms with van der Waals surface area (Å²) < 4.78 is 38.5. The van der Waals surface area contributed by atoms with Crippen LogP contribution in [-0.4, -0.2) is 40.7 Å². The Labute approximate surface area is 121 Å². The molecule has 3 rings (SSSR count). The van der Waals surface area contributed by atoms with E-state index in [1.54, 1.807) is 0 Å². The highest BCUT2D eigenvalue weighted by atomic mass is 19.4. The Bertz CT molecular complexity index is 698. The molecule has 1 aromatic rings. The summed E-state index contributed by atoms with van der Waals surface area (Å²) >= 11 is 0. The van der Waals surface area contributed by atoms with Crippen LogP contribution in [0.1, 0.15) is 10.4 Å². The second kappa shape index (κ2) is 4.67. The van der Waals surface area contributed by atoms with Crippen molar-refractivity contribution >= 4 is 11.6 Å². The molecule has 0 aromatic carbocycles. The maximum absolute atomic E-state index is 12.8. The molecule has 0 aliphatic carbocycles. The number of alkyl halides is 3. The summed E-state index contributed by atoms with van der Waals surface area (Å²) in [5.74, 6) is -1.39. The van der Waals surface area contributed by atoms with E-state index in [0.717, 1.165) is 0 Å². The molecule has 3 heterocycles. The number of carbonyl (C=O) groups excluding carboxylic acids is 1. The molecule has 114 valence electrons. The number of hydrogen-bond acceptors (Lipinski definition) is 5. The van der Waals surface area contributed by atoms with Gasteiger partial charge in [0, 0.05) is 30.4 Å². The van der Waals surface area contributed by atoms with Crippen LogP contribution in [0.3, 0.4) is 0 Å². The van der Waals surface area contributed by atoms with Crippen molar-refractivity contribution in [2.75, 3.05) is 13.1 Å². The van der Waals surface area contributed by atoms with E-state index in [0.29, 0.717) is 0 Å². The molecule has 1 amide bonds. The third-order valence-electron chi connectivity index (χ3n) is 3.65. The third-order valence-corrected chi connectivity index (χ3v) is 3.65. The molecular weight excluding hydrogens is 303 g/mol. The Morgan fingerprint density at radius 3 is 2.68 bits per heavy atom. The Morgan fingerprint density at radius 2 is 2.14 bits per heavy atom. The summed E-state index contributed by atoms with van der Waals surface area (Å²) in [6.45, 7) is -0.216. The summed E-state index contributed by atoms with van der Waals surface area (Å²) in [7, 11) is 0. The Morgan fingerprint density at radius 1 is 1.45 bits per heavy atom. The molecule has 0 radical (unpaired) electrons. The smallest absolute Gasteiger partial charge is 0.338 e. The van der Waals surface area contributed by atoms with Gasteiger partial charge in [-0.25, -0.2) is 0 Å². The van der Waals surface area contributed by atoms with Gasteiger partial charge in [0.1, 0.15) is 0 Å². The minimum Gasteiger partial charge on any atom is -0.338 e. The molecule has 0 bridgehead atoms. The summed E-state index contributed by atoms with van der Waals surface area (Å²) in [5, 5.41) is 9.59. The monoisotopic (exact) mass is 311 g/mol. The van der Waals surface area contributed by atoms with Crippen LogP contribution in [-0.2, 0) is 0 Å². The zero-order valence-electron chi connectivity index (χ0n) is 10.9. The number of halogens is 3. The number of pyridine rings is 1. The lowest BCUT2D eigenvalue weighted by atomic mass is 9.87. The molecule has 2 aliphatic rings. The number of aromatic nitrogens is 1. The van der Waals surface area contributed by atoms with Gasteiger partial charge in [-0.1, -0.05) is 5.11 Å². The van der Waals surface area contributed by atoms with E-state index in [1.165, 1.54) is 23.4 Å². The Balaban J connectivity index is 1.72. The highest BCUT2D eigenvalue weighted by Crippen LogP contribution is 2.52. The number of nitrogens with zero attached hydrogens (tertiary/aromatic N) is 7. The van der Waals surface area contributed by atoms with Gasteiger partial charge in [-0.3, -0.25) is 9.78 Å². The van der Waals surface area contributed by atoms with Crippen molar-refractivity contribution in [3.05, 3.63) is 34.5 Å². The Kier molecular flexibility index (Phi) is 3.03. The van der Waals surface area contributed by atoms with Gasteiger partial charge < -0.3 is 4.90 Å². The minimum atomic E-state index is -4.54. The number of amides is 1. The number of hydrogen-bond donors (Lipinski definition) is 0. The number of likely N-dealkylation sites (tertiary alicyclic amines) is 1. The highest BCUT2D eigenvalue weighted by Gasteiger charge is 2.70. The topological polar surface area (TPSA) is 107 Å². The quantitative estimate of drug-likeness (QED) is 0.486. The second-order valence-corrected chi connectivity index (χ2v) is 4.91. The lowest BCUT2D eigenvalue weighted by molar-refractivity contribution is -0.186. The van der Waals surface area contributed by atoms with E-state index in [-0.39, 0.29) is 24.3 Å². The van der Waals surface area contributed by atoms with Crippen LogP contribution in [0.5, 0.6) is 0 Å². The second-order valence-electron chi connectivity index (χ2n) is 4.91. The molecule has 1 saturated heterocycles. The van der Waals surface area contributed by atoms with E-state index in [1.807, 2.05) is 0 Å². The molecule has 8 nitrogen and oxygen atoms in total. The molecule has 0 atom stereocenters. The zero-order chi connectivity index (χ0) is 16.0. The molecule has 1 aromatic heterocycles. The van der Waals surface area contributed by atoms with Crippen molar-refractivity contribution in [3.8, 4) is 0 Å². The summed E-state index contributed by atoms with van der Waals surface area (Å²) in [6, 6.07) is 1.35. The van der Waals surface area contributed by atoms with Crippen LogP contribution < -0.4 is 0 Å². The molecule has 11 heteroatoms. The Hall–Kier alpha value is -2.68. The van der Waals surface area contributed by atoms with E-state index in [2.05, 4.69) is 25.2 Å². The first-order valence-electron chi connectivity index (χ1n) is 6.18. The normalized spacial score (nSPS) is 19.3. The molecular formula is C11H8F3N7O. The van der Waals surface area contributed by atoms with E-state index < -0.39 is 23.7 Å². The van der Waals surface area contributed by atoms with E-state index in [4.69, 9.17) is 5.53 Å². The number of carbonyl (C=O) groups is 1. The van der Waals surface area contributed by atoms with Crippen molar-refractivity contribution in [3.63, 3.8) is 0 Å². The summed E-state index contributed by atoms with van der Waals surface area (Å²) in [5.41, 5.74) is 6.21. The van der Waals surface area contributed by atoms with Gasteiger partial charge in [-0.15, -0.1) is 10.2 Å². The molecule has 0 saturated carbocycles. The molecule has 1 fully saturated rings. The average molecular weight is 311 g/mol. The first-order chi connectivity index (χ1) is 10.4. The maximum atomic E-state index is 12.8. The maximum Gasteiger partial charge on any atom is 0.438 e. The molecule has 0 unspecified atom stereocenters. The predicted octanol–water partition coefficient (Wildman–Crippen LogP) is 2.82. The van der Waals surface area contributed by atoms with Crippen LogP contribution in [0.2, 0.25) is 0 Å². The van der Waals surface area contributed by atoms with Crippen molar-refractivity contribution in [2.45, 2.75) is 11.8 Å². The van der Waals surface area contributed by atoms with Gasteiger partial charge in [0.15, 0.2) is 0 Å². The lowest BCUT2D eigenvalue weighted by Gasteiger charge is -2.41. The summed E-state index contributed by atoms with van der Waals surface area (Å²) in [4.78, 5) is 19.8. The van der Waals surface area contributed by atoms with Crippen molar-refractivity contribution in [2.24, 2.45) is 21.3 Å². The lowest BCUT2D eigenvalue weighted by Crippen LogP contribution is -2.59. The fourth-order valence-electron chi connectivity index (χ4n) is 2.33. The van der Waals surface area contributed by atoms with Crippen molar-refractivity contribution in [1.82, 2.24) is 9.88 Å². The van der Waals surface area contributed by atoms with Crippen LogP contribution >= 0.6 is 0 Å². The van der Waals surface area contributed by atoms with Gasteiger partial charge >= 0.3 is 6.18 Å². The van der Waals surface area contributed by atoms with E-state index in [9.17, 15) is 18.0 Å². The van der Waals surface area contributed by atoms with Gasteiger partial charge in [0.25, 0.3) is 11.6 Å².